The summed E-state index contributed by atoms with van der Waals surface area (Å²) in [6.45, 7) is 0. The lowest BCUT2D eigenvalue weighted by molar-refractivity contribution is 0.102. The molecule has 5 aromatic rings. The lowest BCUT2D eigenvalue weighted by Crippen LogP contribution is -2.26. The molecule has 2 heterocycles. The Morgan fingerprint density at radius 2 is 1.58 bits per heavy atom. The van der Waals surface area contributed by atoms with Gasteiger partial charge < -0.3 is 9.73 Å². The fraction of sp³-hybridized carbons (Fsp3) is 0. The first-order valence-corrected chi connectivity index (χ1v) is 9.53. The molecule has 0 spiro atoms. The van der Waals surface area contributed by atoms with Crippen molar-refractivity contribution in [3.05, 3.63) is 111 Å². The van der Waals surface area contributed by atoms with Crippen molar-refractivity contribution in [2.24, 2.45) is 0 Å². The number of carbonyl (C=O) groups is 1. The first kappa shape index (κ1) is 18.5. The highest BCUT2D eigenvalue weighted by atomic mass is 16.4. The molecule has 0 aliphatic rings. The third kappa shape index (κ3) is 3.38. The van der Waals surface area contributed by atoms with Gasteiger partial charge in [0.2, 0.25) is 0 Å². The molecule has 5 rings (SSSR count). The van der Waals surface area contributed by atoms with Gasteiger partial charge in [-0.15, -0.1) is 0 Å². The maximum Gasteiger partial charge on any atom is 0.336 e. The number of anilines is 1. The van der Waals surface area contributed by atoms with Gasteiger partial charge in [0.25, 0.3) is 11.5 Å². The summed E-state index contributed by atoms with van der Waals surface area (Å²) in [7, 11) is 0. The predicted molar refractivity (Wildman–Crippen MR) is 118 cm³/mol. The summed E-state index contributed by atoms with van der Waals surface area (Å²) in [5.74, 6) is -0.461. The molecular weight excluding hydrogens is 394 g/mol. The zero-order chi connectivity index (χ0) is 21.4. The number of nitrogens with zero attached hydrogens (tertiary/aromatic N) is 2. The number of benzene rings is 3. The fourth-order valence-corrected chi connectivity index (χ4v) is 3.44. The van der Waals surface area contributed by atoms with Crippen molar-refractivity contribution in [2.45, 2.75) is 0 Å². The van der Waals surface area contributed by atoms with E-state index in [1.807, 2.05) is 6.07 Å². The summed E-state index contributed by atoms with van der Waals surface area (Å²) < 4.78 is 6.35. The minimum Gasteiger partial charge on any atom is -0.423 e. The Labute approximate surface area is 175 Å². The van der Waals surface area contributed by atoms with Crippen molar-refractivity contribution in [1.29, 1.82) is 0 Å². The molecule has 0 fully saturated rings. The van der Waals surface area contributed by atoms with Crippen LogP contribution in [0.5, 0.6) is 0 Å². The van der Waals surface area contributed by atoms with E-state index in [1.54, 1.807) is 72.8 Å². The zero-order valence-corrected chi connectivity index (χ0v) is 16.1. The van der Waals surface area contributed by atoms with E-state index in [0.29, 0.717) is 33.1 Å². The summed E-state index contributed by atoms with van der Waals surface area (Å²) in [6, 6.07) is 23.7. The molecule has 0 bridgehead atoms. The van der Waals surface area contributed by atoms with Gasteiger partial charge in [-0.05, 0) is 42.5 Å². The minimum absolute atomic E-state index is 0.124. The second-order valence-corrected chi connectivity index (χ2v) is 6.91. The van der Waals surface area contributed by atoms with Gasteiger partial charge in [0.1, 0.15) is 5.58 Å². The van der Waals surface area contributed by atoms with E-state index in [9.17, 15) is 14.4 Å². The van der Waals surface area contributed by atoms with Crippen LogP contribution in [-0.2, 0) is 0 Å². The Morgan fingerprint density at radius 1 is 0.839 bits per heavy atom. The molecule has 0 atom stereocenters. The minimum atomic E-state index is -0.461. The van der Waals surface area contributed by atoms with E-state index >= 15 is 0 Å². The second-order valence-electron chi connectivity index (χ2n) is 6.91. The standard InChI is InChI=1S/C24H15N3O4/c28-21-13-10-15-14-16(11-12-20(15)31-21)25-23(29)22-18-8-4-5-9-19(18)24(30)27(26-22)17-6-2-1-3-7-17/h1-14H,(H,25,29). The second kappa shape index (κ2) is 7.38. The lowest BCUT2D eigenvalue weighted by Gasteiger charge is -2.11. The normalized spacial score (nSPS) is 11.0. The summed E-state index contributed by atoms with van der Waals surface area (Å²) in [6.07, 6.45) is 0. The van der Waals surface area contributed by atoms with Gasteiger partial charge in [0.15, 0.2) is 5.69 Å². The summed E-state index contributed by atoms with van der Waals surface area (Å²) >= 11 is 0. The Kier molecular flexibility index (Phi) is 4.41. The van der Waals surface area contributed by atoms with Gasteiger partial charge >= 0.3 is 5.63 Å². The smallest absolute Gasteiger partial charge is 0.336 e. The first-order chi connectivity index (χ1) is 15.1. The maximum absolute atomic E-state index is 13.2. The SMILES string of the molecule is O=C(Nc1ccc2oc(=O)ccc2c1)c1nn(-c2ccccc2)c(=O)c2ccccc12. The molecule has 31 heavy (non-hydrogen) atoms. The van der Waals surface area contributed by atoms with Crippen LogP contribution in [-0.4, -0.2) is 15.7 Å². The van der Waals surface area contributed by atoms with E-state index in [2.05, 4.69) is 10.4 Å². The molecule has 7 heteroatoms. The Bertz CT molecular complexity index is 1570. The highest BCUT2D eigenvalue weighted by Crippen LogP contribution is 2.20. The van der Waals surface area contributed by atoms with Crippen molar-refractivity contribution < 1.29 is 9.21 Å². The average Bonchev–Trinajstić information content (AvgIpc) is 2.80. The molecule has 150 valence electrons. The van der Waals surface area contributed by atoms with Crippen LogP contribution in [0.1, 0.15) is 10.5 Å². The van der Waals surface area contributed by atoms with Gasteiger partial charge in [-0.25, -0.2) is 4.79 Å². The fourth-order valence-electron chi connectivity index (χ4n) is 3.44. The molecule has 0 saturated carbocycles. The molecule has 1 N–H and O–H groups in total. The van der Waals surface area contributed by atoms with Gasteiger partial charge in [-0.3, -0.25) is 9.59 Å². The Balaban J connectivity index is 1.61. The number of carbonyl (C=O) groups excluding carboxylic acids is 1. The van der Waals surface area contributed by atoms with Gasteiger partial charge in [-0.2, -0.15) is 9.78 Å². The largest absolute Gasteiger partial charge is 0.423 e. The van der Waals surface area contributed by atoms with Crippen LogP contribution in [0.2, 0.25) is 0 Å². The van der Waals surface area contributed by atoms with Crippen LogP contribution < -0.4 is 16.5 Å². The van der Waals surface area contributed by atoms with Crippen LogP contribution in [0.3, 0.4) is 0 Å². The summed E-state index contributed by atoms with van der Waals surface area (Å²) in [5.41, 5.74) is 0.871. The molecule has 7 nitrogen and oxygen atoms in total. The van der Waals surface area contributed by atoms with Crippen molar-refractivity contribution in [3.63, 3.8) is 0 Å². The highest BCUT2D eigenvalue weighted by molar-refractivity contribution is 6.11. The summed E-state index contributed by atoms with van der Waals surface area (Å²) in [4.78, 5) is 37.5. The zero-order valence-electron chi connectivity index (χ0n) is 16.1. The first-order valence-electron chi connectivity index (χ1n) is 9.53. The highest BCUT2D eigenvalue weighted by Gasteiger charge is 2.18. The summed E-state index contributed by atoms with van der Waals surface area (Å²) in [5, 5.41) is 8.72. The van der Waals surface area contributed by atoms with Crippen molar-refractivity contribution in [3.8, 4) is 5.69 Å². The molecule has 3 aromatic carbocycles. The van der Waals surface area contributed by atoms with E-state index in [1.165, 1.54) is 10.7 Å². The molecule has 0 unspecified atom stereocenters. The molecule has 1 amide bonds. The molecule has 0 aliphatic heterocycles. The van der Waals surface area contributed by atoms with Crippen molar-refractivity contribution in [2.75, 3.05) is 5.32 Å². The number of amides is 1. The van der Waals surface area contributed by atoms with Crippen LogP contribution in [0.4, 0.5) is 5.69 Å². The molecular formula is C24H15N3O4. The topological polar surface area (TPSA) is 94.2 Å². The number of nitrogens with one attached hydrogen (secondary N) is 1. The predicted octanol–water partition coefficient (Wildman–Crippen LogP) is 3.74. The lowest BCUT2D eigenvalue weighted by atomic mass is 10.1. The van der Waals surface area contributed by atoms with Crippen LogP contribution in [0.15, 0.2) is 98.9 Å². The molecule has 2 aromatic heterocycles. The molecule has 0 radical (unpaired) electrons. The van der Waals surface area contributed by atoms with E-state index in [4.69, 9.17) is 4.42 Å². The van der Waals surface area contributed by atoms with E-state index < -0.39 is 11.5 Å². The average molecular weight is 409 g/mol. The Hall–Kier alpha value is -4.52. The number of hydrogen-bond acceptors (Lipinski definition) is 5. The van der Waals surface area contributed by atoms with Gasteiger partial charge in [-0.1, -0.05) is 36.4 Å². The monoisotopic (exact) mass is 409 g/mol. The van der Waals surface area contributed by atoms with Crippen LogP contribution in [0, 0.1) is 0 Å². The third-order valence-electron chi connectivity index (χ3n) is 4.90. The van der Waals surface area contributed by atoms with E-state index in [-0.39, 0.29) is 11.3 Å². The van der Waals surface area contributed by atoms with Crippen molar-refractivity contribution >= 4 is 33.3 Å². The van der Waals surface area contributed by atoms with Crippen LogP contribution in [0.25, 0.3) is 27.4 Å². The number of hydrogen-bond donors (Lipinski definition) is 1. The number of fused-ring (bicyclic) bond motifs is 2. The number of rotatable bonds is 3. The molecule has 0 saturated heterocycles. The maximum atomic E-state index is 13.2. The number of para-hydroxylation sites is 1. The van der Waals surface area contributed by atoms with Gasteiger partial charge in [0, 0.05) is 22.5 Å². The number of aromatic nitrogens is 2. The van der Waals surface area contributed by atoms with Crippen LogP contribution >= 0.6 is 0 Å². The quantitative estimate of drug-likeness (QED) is 0.458. The van der Waals surface area contributed by atoms with E-state index in [0.717, 1.165) is 0 Å². The van der Waals surface area contributed by atoms with Gasteiger partial charge in [0.05, 0.1) is 11.1 Å². The van der Waals surface area contributed by atoms with Crippen molar-refractivity contribution in [1.82, 2.24) is 9.78 Å². The third-order valence-corrected chi connectivity index (χ3v) is 4.90. The Morgan fingerprint density at radius 3 is 2.39 bits per heavy atom. The molecule has 0 aliphatic carbocycles.